The topological polar surface area (TPSA) is 70.6 Å². The van der Waals surface area contributed by atoms with Crippen LogP contribution in [0.25, 0.3) is 0 Å². The van der Waals surface area contributed by atoms with Gasteiger partial charge in [-0.05, 0) is 13.3 Å². The van der Waals surface area contributed by atoms with E-state index in [4.69, 9.17) is 4.74 Å². The molecule has 3 rings (SSSR count). The molecule has 0 aliphatic carbocycles. The Bertz CT molecular complexity index is 509. The second-order valence-corrected chi connectivity index (χ2v) is 5.12. The van der Waals surface area contributed by atoms with Gasteiger partial charge in [0, 0.05) is 20.1 Å². The molecule has 108 valence electrons. The molecular weight excluding hydrogens is 258 g/mol. The first-order chi connectivity index (χ1) is 9.69. The summed E-state index contributed by atoms with van der Waals surface area (Å²) < 4.78 is 5.38. The number of fused-ring (bicyclic) bond motifs is 1. The molecule has 2 atom stereocenters. The lowest BCUT2D eigenvalue weighted by Crippen LogP contribution is -2.51. The number of urea groups is 1. The molecule has 0 aromatic carbocycles. The van der Waals surface area contributed by atoms with Crippen molar-refractivity contribution in [3.8, 4) is 5.88 Å². The number of likely N-dealkylation sites (N-methyl/N-ethyl adjacent to an activating group) is 1. The molecule has 0 spiro atoms. The van der Waals surface area contributed by atoms with Gasteiger partial charge in [0.1, 0.15) is 0 Å². The second kappa shape index (κ2) is 5.15. The summed E-state index contributed by atoms with van der Waals surface area (Å²) in [7, 11) is 1.85. The van der Waals surface area contributed by atoms with E-state index in [9.17, 15) is 4.79 Å². The molecule has 1 aromatic rings. The third kappa shape index (κ3) is 2.23. The molecule has 1 aromatic heterocycles. The van der Waals surface area contributed by atoms with Gasteiger partial charge in [0.05, 0.1) is 31.1 Å². The Hall–Kier alpha value is -2.05. The highest BCUT2D eigenvalue weighted by Crippen LogP contribution is 2.25. The molecule has 0 bridgehead atoms. The van der Waals surface area contributed by atoms with Crippen molar-refractivity contribution in [1.82, 2.24) is 20.2 Å². The summed E-state index contributed by atoms with van der Waals surface area (Å²) in [4.78, 5) is 24.2. The number of ether oxygens (including phenoxy) is 1. The number of carbonyl (C=O) groups excluding carboxylic acids is 1. The van der Waals surface area contributed by atoms with Gasteiger partial charge in [0.2, 0.25) is 5.88 Å². The maximum atomic E-state index is 11.7. The zero-order valence-electron chi connectivity index (χ0n) is 11.7. The molecular formula is C13H19N5O2. The van der Waals surface area contributed by atoms with Gasteiger partial charge in [-0.25, -0.2) is 4.79 Å². The van der Waals surface area contributed by atoms with Crippen LogP contribution in [-0.2, 0) is 0 Å². The minimum atomic E-state index is 0.0102. The molecule has 0 radical (unpaired) electrons. The fourth-order valence-corrected chi connectivity index (χ4v) is 2.87. The monoisotopic (exact) mass is 277 g/mol. The van der Waals surface area contributed by atoms with E-state index < -0.39 is 0 Å². The Balaban J connectivity index is 1.73. The van der Waals surface area contributed by atoms with E-state index in [0.29, 0.717) is 12.5 Å². The van der Waals surface area contributed by atoms with Crippen LogP contribution < -0.4 is 15.0 Å². The Labute approximate surface area is 117 Å². The van der Waals surface area contributed by atoms with E-state index >= 15 is 0 Å². The quantitative estimate of drug-likeness (QED) is 0.870. The summed E-state index contributed by atoms with van der Waals surface area (Å²) in [6.07, 6.45) is 4.29. The lowest BCUT2D eigenvalue weighted by Gasteiger charge is -2.36. The number of aromatic nitrogens is 2. The Morgan fingerprint density at radius 1 is 1.50 bits per heavy atom. The van der Waals surface area contributed by atoms with E-state index in [-0.39, 0.29) is 18.1 Å². The highest BCUT2D eigenvalue weighted by atomic mass is 16.5. The van der Waals surface area contributed by atoms with E-state index in [2.05, 4.69) is 20.2 Å². The van der Waals surface area contributed by atoms with Gasteiger partial charge in [-0.2, -0.15) is 4.98 Å². The van der Waals surface area contributed by atoms with Crippen LogP contribution in [0, 0.1) is 0 Å². The minimum absolute atomic E-state index is 0.0102. The SMILES string of the molecule is CCOc1cncc(N2CC[C@H]3[C@@H](C2)NC(=O)N3C)n1. The van der Waals surface area contributed by atoms with Crippen LogP contribution in [0.15, 0.2) is 12.4 Å². The molecule has 7 nitrogen and oxygen atoms in total. The number of hydrogen-bond acceptors (Lipinski definition) is 5. The standard InChI is InChI=1S/C13H19N5O2/c1-3-20-12-7-14-6-11(16-12)18-5-4-10-9(8-18)15-13(19)17(10)2/h6-7,9-10H,3-5,8H2,1-2H3,(H,15,19)/t9-,10+/m1/s1. The predicted octanol–water partition coefficient (Wildman–Crippen LogP) is 0.478. The van der Waals surface area contributed by atoms with Crippen molar-refractivity contribution < 1.29 is 9.53 Å². The molecule has 2 saturated heterocycles. The number of rotatable bonds is 3. The molecule has 2 amide bonds. The van der Waals surface area contributed by atoms with Crippen molar-refractivity contribution in [2.24, 2.45) is 0 Å². The van der Waals surface area contributed by atoms with Gasteiger partial charge in [-0.3, -0.25) is 4.98 Å². The number of anilines is 1. The van der Waals surface area contributed by atoms with Gasteiger partial charge in [-0.15, -0.1) is 0 Å². The van der Waals surface area contributed by atoms with Crippen LogP contribution in [0.5, 0.6) is 5.88 Å². The molecule has 3 heterocycles. The van der Waals surface area contributed by atoms with Gasteiger partial charge < -0.3 is 19.9 Å². The fraction of sp³-hybridized carbons (Fsp3) is 0.615. The Kier molecular flexibility index (Phi) is 3.33. The zero-order chi connectivity index (χ0) is 14.1. The Morgan fingerprint density at radius 3 is 3.15 bits per heavy atom. The van der Waals surface area contributed by atoms with Gasteiger partial charge in [0.15, 0.2) is 5.82 Å². The van der Waals surface area contributed by atoms with Crippen molar-refractivity contribution in [2.75, 3.05) is 31.6 Å². The average molecular weight is 277 g/mol. The third-order valence-electron chi connectivity index (χ3n) is 3.92. The number of nitrogens with one attached hydrogen (secondary N) is 1. The van der Waals surface area contributed by atoms with Crippen LogP contribution in [0.1, 0.15) is 13.3 Å². The molecule has 2 aliphatic heterocycles. The highest BCUT2D eigenvalue weighted by molar-refractivity contribution is 5.77. The molecule has 0 saturated carbocycles. The predicted molar refractivity (Wildman–Crippen MR) is 73.9 cm³/mol. The second-order valence-electron chi connectivity index (χ2n) is 5.12. The van der Waals surface area contributed by atoms with Gasteiger partial charge >= 0.3 is 6.03 Å². The fourth-order valence-electron chi connectivity index (χ4n) is 2.87. The number of piperidine rings is 1. The van der Waals surface area contributed by atoms with Crippen LogP contribution >= 0.6 is 0 Å². The first-order valence-corrected chi connectivity index (χ1v) is 6.92. The minimum Gasteiger partial charge on any atom is -0.477 e. The Morgan fingerprint density at radius 2 is 2.35 bits per heavy atom. The smallest absolute Gasteiger partial charge is 0.317 e. The van der Waals surface area contributed by atoms with Crippen LogP contribution in [0.3, 0.4) is 0 Å². The van der Waals surface area contributed by atoms with Crippen molar-refractivity contribution in [3.63, 3.8) is 0 Å². The third-order valence-corrected chi connectivity index (χ3v) is 3.92. The molecule has 2 fully saturated rings. The molecule has 1 N–H and O–H groups in total. The summed E-state index contributed by atoms with van der Waals surface area (Å²) in [5, 5.41) is 3.01. The van der Waals surface area contributed by atoms with Crippen LogP contribution in [-0.4, -0.2) is 59.7 Å². The van der Waals surface area contributed by atoms with Gasteiger partial charge in [-0.1, -0.05) is 0 Å². The lowest BCUT2D eigenvalue weighted by atomic mass is 10.0. The van der Waals surface area contributed by atoms with Gasteiger partial charge in [0.25, 0.3) is 0 Å². The maximum Gasteiger partial charge on any atom is 0.317 e. The number of amides is 2. The van der Waals surface area contributed by atoms with Crippen LogP contribution in [0.2, 0.25) is 0 Å². The molecule has 20 heavy (non-hydrogen) atoms. The number of nitrogens with zero attached hydrogens (tertiary/aromatic N) is 4. The maximum absolute atomic E-state index is 11.7. The average Bonchev–Trinajstić information content (AvgIpc) is 2.74. The summed E-state index contributed by atoms with van der Waals surface area (Å²) in [6.45, 7) is 4.11. The number of carbonyl (C=O) groups is 1. The zero-order valence-corrected chi connectivity index (χ0v) is 11.7. The van der Waals surface area contributed by atoms with Crippen LogP contribution in [0.4, 0.5) is 10.6 Å². The first kappa shape index (κ1) is 13.0. The molecule has 2 aliphatic rings. The summed E-state index contributed by atoms with van der Waals surface area (Å²) in [5.74, 6) is 1.35. The molecule has 0 unspecified atom stereocenters. The van der Waals surface area contributed by atoms with E-state index in [0.717, 1.165) is 25.3 Å². The molecule has 7 heteroatoms. The van der Waals surface area contributed by atoms with E-state index in [1.165, 1.54) is 0 Å². The largest absolute Gasteiger partial charge is 0.477 e. The first-order valence-electron chi connectivity index (χ1n) is 6.92. The van der Waals surface area contributed by atoms with Crippen molar-refractivity contribution >= 4 is 11.8 Å². The van der Waals surface area contributed by atoms with Crippen molar-refractivity contribution in [2.45, 2.75) is 25.4 Å². The number of hydrogen-bond donors (Lipinski definition) is 1. The normalized spacial score (nSPS) is 25.4. The highest BCUT2D eigenvalue weighted by Gasteiger charge is 2.40. The van der Waals surface area contributed by atoms with Crippen molar-refractivity contribution in [3.05, 3.63) is 12.4 Å². The lowest BCUT2D eigenvalue weighted by molar-refractivity contribution is 0.212. The van der Waals surface area contributed by atoms with E-state index in [1.807, 2.05) is 14.0 Å². The summed E-state index contributed by atoms with van der Waals surface area (Å²) >= 11 is 0. The summed E-state index contributed by atoms with van der Waals surface area (Å²) in [6, 6.07) is 0.441. The van der Waals surface area contributed by atoms with Crippen molar-refractivity contribution in [1.29, 1.82) is 0 Å². The summed E-state index contributed by atoms with van der Waals surface area (Å²) in [5.41, 5.74) is 0. The van der Waals surface area contributed by atoms with E-state index in [1.54, 1.807) is 17.3 Å².